The maximum atomic E-state index is 8.92. The average Bonchev–Trinajstić information content (AvgIpc) is 1.99. The van der Waals surface area contributed by atoms with Gasteiger partial charge in [0, 0.05) is 6.20 Å². The smallest absolute Gasteiger partial charge is 0.135 e. The number of rotatable bonds is 4. The molecule has 0 aromatic heterocycles. The highest BCUT2D eigenvalue weighted by molar-refractivity contribution is 5.27. The standard InChI is InChI=1S/C8H12N2O/c1-3-5-10-6-4-8(11)7-9-2/h3-7,10-11H,2H2,1H3/b5-3-,6-4+,8-7+. The number of aliphatic hydroxyl groups is 1. The highest BCUT2D eigenvalue weighted by Crippen LogP contribution is 1.88. The Bertz CT molecular complexity index is 192. The third-order valence-corrected chi connectivity index (χ3v) is 0.837. The second kappa shape index (κ2) is 6.61. The van der Waals surface area contributed by atoms with Crippen molar-refractivity contribution in [2.75, 3.05) is 0 Å². The zero-order chi connectivity index (χ0) is 8.53. The van der Waals surface area contributed by atoms with Gasteiger partial charge in [-0.05, 0) is 25.9 Å². The molecule has 0 saturated heterocycles. The van der Waals surface area contributed by atoms with E-state index in [-0.39, 0.29) is 5.76 Å². The van der Waals surface area contributed by atoms with Crippen LogP contribution < -0.4 is 5.32 Å². The Balaban J connectivity index is 3.73. The summed E-state index contributed by atoms with van der Waals surface area (Å²) >= 11 is 0. The molecule has 0 aliphatic carbocycles. The average molecular weight is 152 g/mol. The Morgan fingerprint density at radius 3 is 2.82 bits per heavy atom. The molecule has 2 N–H and O–H groups in total. The van der Waals surface area contributed by atoms with Crippen LogP contribution in [0.15, 0.2) is 41.5 Å². The van der Waals surface area contributed by atoms with E-state index < -0.39 is 0 Å². The van der Waals surface area contributed by atoms with Crippen molar-refractivity contribution in [1.82, 2.24) is 5.32 Å². The molecule has 3 heteroatoms. The summed E-state index contributed by atoms with van der Waals surface area (Å²) in [7, 11) is 0. The van der Waals surface area contributed by atoms with Crippen molar-refractivity contribution in [2.24, 2.45) is 4.99 Å². The van der Waals surface area contributed by atoms with Gasteiger partial charge in [-0.2, -0.15) is 0 Å². The lowest BCUT2D eigenvalue weighted by Crippen LogP contribution is -1.90. The molecule has 0 fully saturated rings. The first-order valence-electron chi connectivity index (χ1n) is 3.20. The predicted octanol–water partition coefficient (Wildman–Crippen LogP) is 1.72. The van der Waals surface area contributed by atoms with E-state index in [9.17, 15) is 0 Å². The Hall–Kier alpha value is -1.51. The van der Waals surface area contributed by atoms with Crippen LogP contribution in [-0.4, -0.2) is 11.8 Å². The number of hydrogen-bond acceptors (Lipinski definition) is 3. The van der Waals surface area contributed by atoms with E-state index in [0.717, 1.165) is 0 Å². The van der Waals surface area contributed by atoms with E-state index in [1.54, 1.807) is 12.4 Å². The molecule has 0 bridgehead atoms. The number of nitrogens with one attached hydrogen (secondary N) is 1. The Morgan fingerprint density at radius 2 is 2.27 bits per heavy atom. The SMILES string of the molecule is C=N/C=C(O)\C=C\N/C=C\C. The molecule has 0 amide bonds. The molecule has 3 nitrogen and oxygen atoms in total. The van der Waals surface area contributed by atoms with Gasteiger partial charge in [-0.3, -0.25) is 4.99 Å². The quantitative estimate of drug-likeness (QED) is 0.366. The lowest BCUT2D eigenvalue weighted by atomic mass is 10.5. The number of aliphatic hydroxyl groups excluding tert-OH is 1. The van der Waals surface area contributed by atoms with E-state index in [2.05, 4.69) is 17.0 Å². The van der Waals surface area contributed by atoms with Crippen LogP contribution >= 0.6 is 0 Å². The molecule has 0 heterocycles. The number of hydrogen-bond donors (Lipinski definition) is 2. The van der Waals surface area contributed by atoms with Gasteiger partial charge in [0.1, 0.15) is 5.76 Å². The van der Waals surface area contributed by atoms with E-state index in [0.29, 0.717) is 0 Å². The summed E-state index contributed by atoms with van der Waals surface area (Å²) in [5, 5.41) is 11.7. The molecule has 0 unspecified atom stereocenters. The molecule has 0 aliphatic heterocycles. The van der Waals surface area contributed by atoms with Gasteiger partial charge in [0.05, 0.1) is 6.20 Å². The number of nitrogens with zero attached hydrogens (tertiary/aromatic N) is 1. The lowest BCUT2D eigenvalue weighted by Gasteiger charge is -1.88. The van der Waals surface area contributed by atoms with Gasteiger partial charge in [-0.1, -0.05) is 6.08 Å². The van der Waals surface area contributed by atoms with Crippen molar-refractivity contribution in [3.8, 4) is 0 Å². The van der Waals surface area contributed by atoms with Gasteiger partial charge < -0.3 is 10.4 Å². The Kier molecular flexibility index (Phi) is 5.70. The van der Waals surface area contributed by atoms with Crippen molar-refractivity contribution in [3.05, 3.63) is 36.5 Å². The molecule has 0 aromatic rings. The van der Waals surface area contributed by atoms with Gasteiger partial charge in [0.15, 0.2) is 0 Å². The normalized spacial score (nSPS) is 12.6. The molecule has 0 aromatic carbocycles. The number of aliphatic imine (C=N–C) groups is 1. The van der Waals surface area contributed by atoms with E-state index in [1.807, 2.05) is 13.0 Å². The van der Waals surface area contributed by atoms with Crippen molar-refractivity contribution in [2.45, 2.75) is 6.92 Å². The fourth-order valence-electron chi connectivity index (χ4n) is 0.422. The van der Waals surface area contributed by atoms with E-state index >= 15 is 0 Å². The minimum absolute atomic E-state index is 0.0667. The fraction of sp³-hybridized carbons (Fsp3) is 0.125. The summed E-state index contributed by atoms with van der Waals surface area (Å²) in [6.07, 6.45) is 7.92. The van der Waals surface area contributed by atoms with Gasteiger partial charge in [0.25, 0.3) is 0 Å². The van der Waals surface area contributed by atoms with Crippen LogP contribution in [0.2, 0.25) is 0 Å². The van der Waals surface area contributed by atoms with Gasteiger partial charge >= 0.3 is 0 Å². The molecule has 0 rings (SSSR count). The van der Waals surface area contributed by atoms with Gasteiger partial charge in [-0.15, -0.1) is 0 Å². The minimum atomic E-state index is 0.0667. The monoisotopic (exact) mass is 152 g/mol. The van der Waals surface area contributed by atoms with Crippen molar-refractivity contribution < 1.29 is 5.11 Å². The third kappa shape index (κ3) is 6.37. The first kappa shape index (κ1) is 9.49. The van der Waals surface area contributed by atoms with Gasteiger partial charge in [-0.25, -0.2) is 0 Å². The maximum Gasteiger partial charge on any atom is 0.135 e. The summed E-state index contributed by atoms with van der Waals surface area (Å²) in [5.74, 6) is 0.0667. The maximum absolute atomic E-state index is 8.92. The topological polar surface area (TPSA) is 44.6 Å². The molecule has 0 saturated carbocycles. The molecular weight excluding hydrogens is 140 g/mol. The zero-order valence-corrected chi connectivity index (χ0v) is 6.49. The van der Waals surface area contributed by atoms with E-state index in [4.69, 9.17) is 5.11 Å². The van der Waals surface area contributed by atoms with Crippen LogP contribution in [0.25, 0.3) is 0 Å². The van der Waals surface area contributed by atoms with Crippen LogP contribution in [0.1, 0.15) is 6.92 Å². The Morgan fingerprint density at radius 1 is 1.55 bits per heavy atom. The minimum Gasteiger partial charge on any atom is -0.506 e. The summed E-state index contributed by atoms with van der Waals surface area (Å²) in [4.78, 5) is 3.38. The summed E-state index contributed by atoms with van der Waals surface area (Å²) in [5.41, 5.74) is 0. The number of allylic oxidation sites excluding steroid dienone is 2. The van der Waals surface area contributed by atoms with Crippen molar-refractivity contribution in [1.29, 1.82) is 0 Å². The summed E-state index contributed by atoms with van der Waals surface area (Å²) in [6, 6.07) is 0. The highest BCUT2D eigenvalue weighted by Gasteiger charge is 1.78. The molecular formula is C8H12N2O. The van der Waals surface area contributed by atoms with Crippen LogP contribution in [0, 0.1) is 0 Å². The second-order valence-corrected chi connectivity index (χ2v) is 1.74. The summed E-state index contributed by atoms with van der Waals surface area (Å²) < 4.78 is 0. The third-order valence-electron chi connectivity index (χ3n) is 0.837. The lowest BCUT2D eigenvalue weighted by molar-refractivity contribution is 0.430. The first-order valence-corrected chi connectivity index (χ1v) is 3.20. The Labute approximate surface area is 66.5 Å². The largest absolute Gasteiger partial charge is 0.506 e. The molecule has 11 heavy (non-hydrogen) atoms. The van der Waals surface area contributed by atoms with Crippen LogP contribution in [0.3, 0.4) is 0 Å². The summed E-state index contributed by atoms with van der Waals surface area (Å²) in [6.45, 7) is 5.08. The molecule has 0 spiro atoms. The second-order valence-electron chi connectivity index (χ2n) is 1.74. The molecule has 0 atom stereocenters. The zero-order valence-electron chi connectivity index (χ0n) is 6.49. The molecule has 0 radical (unpaired) electrons. The van der Waals surface area contributed by atoms with E-state index in [1.165, 1.54) is 12.3 Å². The van der Waals surface area contributed by atoms with Crippen molar-refractivity contribution in [3.63, 3.8) is 0 Å². The van der Waals surface area contributed by atoms with Crippen LogP contribution in [-0.2, 0) is 0 Å². The van der Waals surface area contributed by atoms with Crippen LogP contribution in [0.4, 0.5) is 0 Å². The highest BCUT2D eigenvalue weighted by atomic mass is 16.3. The first-order chi connectivity index (χ1) is 5.31. The molecule has 60 valence electrons. The fourth-order valence-corrected chi connectivity index (χ4v) is 0.422. The van der Waals surface area contributed by atoms with Crippen LogP contribution in [0.5, 0.6) is 0 Å². The van der Waals surface area contributed by atoms with Gasteiger partial charge in [0.2, 0.25) is 0 Å². The predicted molar refractivity (Wildman–Crippen MR) is 47.4 cm³/mol. The molecule has 0 aliphatic rings. The van der Waals surface area contributed by atoms with Crippen molar-refractivity contribution >= 4 is 6.72 Å².